The molecule has 2 heterocycles. The molecule has 1 aliphatic rings. The summed E-state index contributed by atoms with van der Waals surface area (Å²) in [4.78, 5) is 17.3. The molecule has 3 rings (SSSR count). The van der Waals surface area contributed by atoms with Crippen LogP contribution in [0.4, 0.5) is 0 Å². The monoisotopic (exact) mass is 244 g/mol. The molecule has 2 N–H and O–H groups in total. The summed E-state index contributed by atoms with van der Waals surface area (Å²) >= 11 is 0. The van der Waals surface area contributed by atoms with Crippen LogP contribution in [-0.4, -0.2) is 40.1 Å². The van der Waals surface area contributed by atoms with E-state index in [0.29, 0.717) is 12.1 Å². The number of hydrogen-bond acceptors (Lipinski definition) is 2. The normalized spacial score (nSPS) is 20.3. The number of carbonyl (C=O) groups excluding carboxylic acids is 1. The number of para-hydroxylation sites is 1. The van der Waals surface area contributed by atoms with Crippen LogP contribution in [-0.2, 0) is 0 Å². The predicted molar refractivity (Wildman–Crippen MR) is 69.4 cm³/mol. The number of H-pyrrole nitrogens is 1. The van der Waals surface area contributed by atoms with Crippen molar-refractivity contribution in [1.82, 2.24) is 9.88 Å². The zero-order valence-corrected chi connectivity index (χ0v) is 10.1. The van der Waals surface area contributed by atoms with Crippen LogP contribution in [0, 0.1) is 0 Å². The fraction of sp³-hybridized carbons (Fsp3) is 0.357. The number of likely N-dealkylation sites (tertiary alicyclic amines) is 1. The number of amides is 1. The van der Waals surface area contributed by atoms with Gasteiger partial charge in [0.15, 0.2) is 0 Å². The molecule has 0 radical (unpaired) electrons. The minimum absolute atomic E-state index is 0.00574. The molecule has 1 fully saturated rings. The molecule has 0 aliphatic carbocycles. The Morgan fingerprint density at radius 1 is 1.39 bits per heavy atom. The Morgan fingerprint density at radius 2 is 2.22 bits per heavy atom. The second-order valence-electron chi connectivity index (χ2n) is 4.80. The van der Waals surface area contributed by atoms with Gasteiger partial charge >= 0.3 is 0 Å². The summed E-state index contributed by atoms with van der Waals surface area (Å²) in [6, 6.07) is 7.77. The lowest BCUT2D eigenvalue weighted by molar-refractivity contribution is 0.0475. The molecule has 2 aromatic rings. The number of nitrogens with zero attached hydrogens (tertiary/aromatic N) is 1. The van der Waals surface area contributed by atoms with Crippen molar-refractivity contribution >= 4 is 16.8 Å². The Morgan fingerprint density at radius 3 is 3.06 bits per heavy atom. The first-order chi connectivity index (χ1) is 8.75. The standard InChI is InChI=1S/C14H16N2O2/c17-10-4-3-7-16(9-10)14(18)12-8-15-13-6-2-1-5-11(12)13/h1-2,5-6,8,10,15,17H,3-4,7,9H2. The van der Waals surface area contributed by atoms with E-state index in [-0.39, 0.29) is 12.0 Å². The van der Waals surface area contributed by atoms with Crippen molar-refractivity contribution in [2.75, 3.05) is 13.1 Å². The largest absolute Gasteiger partial charge is 0.391 e. The van der Waals surface area contributed by atoms with Gasteiger partial charge in [0.2, 0.25) is 0 Å². The van der Waals surface area contributed by atoms with E-state index in [9.17, 15) is 9.90 Å². The van der Waals surface area contributed by atoms with Crippen molar-refractivity contribution < 1.29 is 9.90 Å². The Labute approximate surface area is 105 Å². The molecule has 1 atom stereocenters. The molecule has 1 unspecified atom stereocenters. The second kappa shape index (κ2) is 4.46. The van der Waals surface area contributed by atoms with E-state index in [4.69, 9.17) is 0 Å². The maximum Gasteiger partial charge on any atom is 0.256 e. The quantitative estimate of drug-likeness (QED) is 0.803. The first-order valence-electron chi connectivity index (χ1n) is 6.29. The Balaban J connectivity index is 1.92. The number of fused-ring (bicyclic) bond motifs is 1. The van der Waals surface area contributed by atoms with Crippen LogP contribution in [0.3, 0.4) is 0 Å². The fourth-order valence-electron chi connectivity index (χ4n) is 2.56. The lowest BCUT2D eigenvalue weighted by Crippen LogP contribution is -2.42. The third-order valence-electron chi connectivity index (χ3n) is 3.50. The van der Waals surface area contributed by atoms with Gasteiger partial charge in [0.05, 0.1) is 11.7 Å². The molecule has 0 spiro atoms. The first kappa shape index (κ1) is 11.3. The number of aliphatic hydroxyl groups excluding tert-OH is 1. The highest BCUT2D eigenvalue weighted by molar-refractivity contribution is 6.06. The highest BCUT2D eigenvalue weighted by Gasteiger charge is 2.24. The third-order valence-corrected chi connectivity index (χ3v) is 3.50. The van der Waals surface area contributed by atoms with Gasteiger partial charge in [0.1, 0.15) is 0 Å². The van der Waals surface area contributed by atoms with Gasteiger partial charge in [-0.05, 0) is 18.9 Å². The Hall–Kier alpha value is -1.81. The lowest BCUT2D eigenvalue weighted by atomic mass is 10.1. The van der Waals surface area contributed by atoms with Gasteiger partial charge in [-0.3, -0.25) is 4.79 Å². The van der Waals surface area contributed by atoms with Crippen molar-refractivity contribution in [3.05, 3.63) is 36.0 Å². The van der Waals surface area contributed by atoms with Crippen molar-refractivity contribution in [3.8, 4) is 0 Å². The van der Waals surface area contributed by atoms with Crippen LogP contribution in [0.15, 0.2) is 30.5 Å². The van der Waals surface area contributed by atoms with E-state index in [1.165, 1.54) is 0 Å². The number of aliphatic hydroxyl groups is 1. The molecule has 0 saturated carbocycles. The second-order valence-corrected chi connectivity index (χ2v) is 4.80. The van der Waals surface area contributed by atoms with Gasteiger partial charge < -0.3 is 15.0 Å². The van der Waals surface area contributed by atoms with E-state index < -0.39 is 0 Å². The molecule has 1 saturated heterocycles. The molecular formula is C14H16N2O2. The zero-order valence-electron chi connectivity index (χ0n) is 10.1. The molecular weight excluding hydrogens is 228 g/mol. The lowest BCUT2D eigenvalue weighted by Gasteiger charge is -2.29. The molecule has 1 aliphatic heterocycles. The van der Waals surface area contributed by atoms with Crippen molar-refractivity contribution in [2.45, 2.75) is 18.9 Å². The van der Waals surface area contributed by atoms with Gasteiger partial charge in [-0.15, -0.1) is 0 Å². The van der Waals surface area contributed by atoms with Gasteiger partial charge in [0.25, 0.3) is 5.91 Å². The van der Waals surface area contributed by atoms with Gasteiger partial charge in [-0.1, -0.05) is 18.2 Å². The molecule has 1 aromatic carbocycles. The number of aromatic nitrogens is 1. The summed E-state index contributed by atoms with van der Waals surface area (Å²) in [7, 11) is 0. The number of rotatable bonds is 1. The number of benzene rings is 1. The van der Waals surface area contributed by atoms with Crippen LogP contribution in [0.1, 0.15) is 23.2 Å². The average Bonchev–Trinajstić information content (AvgIpc) is 2.82. The van der Waals surface area contributed by atoms with Crippen LogP contribution in [0.25, 0.3) is 10.9 Å². The Kier molecular flexibility index (Phi) is 2.80. The fourth-order valence-corrected chi connectivity index (χ4v) is 2.56. The average molecular weight is 244 g/mol. The SMILES string of the molecule is O=C(c1c[nH]c2ccccc12)N1CCCC(O)C1. The number of carbonyl (C=O) groups is 1. The van der Waals surface area contributed by atoms with E-state index in [1.54, 1.807) is 11.1 Å². The van der Waals surface area contributed by atoms with Crippen molar-refractivity contribution in [2.24, 2.45) is 0 Å². The predicted octanol–water partition coefficient (Wildman–Crippen LogP) is 1.76. The molecule has 0 bridgehead atoms. The van der Waals surface area contributed by atoms with Crippen molar-refractivity contribution in [1.29, 1.82) is 0 Å². The summed E-state index contributed by atoms with van der Waals surface area (Å²) < 4.78 is 0. The summed E-state index contributed by atoms with van der Waals surface area (Å²) in [5.74, 6) is 0.00574. The van der Waals surface area contributed by atoms with Crippen LogP contribution < -0.4 is 0 Å². The van der Waals surface area contributed by atoms with E-state index >= 15 is 0 Å². The molecule has 94 valence electrons. The van der Waals surface area contributed by atoms with Crippen LogP contribution in [0.2, 0.25) is 0 Å². The number of β-amino-alcohol motifs (C(OH)–C–C–N with tert-alkyl or cyclic N) is 1. The third kappa shape index (κ3) is 1.88. The van der Waals surface area contributed by atoms with Crippen molar-refractivity contribution in [3.63, 3.8) is 0 Å². The van der Waals surface area contributed by atoms with E-state index in [1.807, 2.05) is 24.3 Å². The van der Waals surface area contributed by atoms with Gasteiger partial charge in [-0.25, -0.2) is 0 Å². The topological polar surface area (TPSA) is 56.3 Å². The summed E-state index contributed by atoms with van der Waals surface area (Å²) in [5, 5.41) is 10.6. The maximum absolute atomic E-state index is 12.4. The van der Waals surface area contributed by atoms with Gasteiger partial charge in [0, 0.05) is 30.2 Å². The minimum Gasteiger partial charge on any atom is -0.391 e. The maximum atomic E-state index is 12.4. The number of nitrogens with one attached hydrogen (secondary N) is 1. The smallest absolute Gasteiger partial charge is 0.256 e. The van der Waals surface area contributed by atoms with Gasteiger partial charge in [-0.2, -0.15) is 0 Å². The minimum atomic E-state index is -0.382. The summed E-state index contributed by atoms with van der Waals surface area (Å²) in [6.45, 7) is 1.17. The molecule has 18 heavy (non-hydrogen) atoms. The van der Waals surface area contributed by atoms with E-state index in [0.717, 1.165) is 30.3 Å². The number of aromatic amines is 1. The van der Waals surface area contributed by atoms with Crippen LogP contribution in [0.5, 0.6) is 0 Å². The van der Waals surface area contributed by atoms with Crippen LogP contribution >= 0.6 is 0 Å². The number of piperidine rings is 1. The first-order valence-corrected chi connectivity index (χ1v) is 6.29. The number of hydrogen-bond donors (Lipinski definition) is 2. The molecule has 4 heteroatoms. The molecule has 1 aromatic heterocycles. The zero-order chi connectivity index (χ0) is 12.5. The van der Waals surface area contributed by atoms with E-state index in [2.05, 4.69) is 4.98 Å². The highest BCUT2D eigenvalue weighted by Crippen LogP contribution is 2.21. The highest BCUT2D eigenvalue weighted by atomic mass is 16.3. The molecule has 1 amide bonds. The Bertz CT molecular complexity index is 576. The molecule has 4 nitrogen and oxygen atoms in total. The summed E-state index contributed by atoms with van der Waals surface area (Å²) in [6.07, 6.45) is 3.04. The summed E-state index contributed by atoms with van der Waals surface area (Å²) in [5.41, 5.74) is 1.66.